The summed E-state index contributed by atoms with van der Waals surface area (Å²) in [6.07, 6.45) is 3.03. The predicted molar refractivity (Wildman–Crippen MR) is 143 cm³/mol. The van der Waals surface area contributed by atoms with Gasteiger partial charge >= 0.3 is 6.09 Å². The van der Waals surface area contributed by atoms with Crippen LogP contribution in [0.2, 0.25) is 0 Å². The van der Waals surface area contributed by atoms with Crippen LogP contribution in [0.1, 0.15) is 53.9 Å². The van der Waals surface area contributed by atoms with Gasteiger partial charge in [-0.2, -0.15) is 0 Å². The molecule has 9 heteroatoms. The van der Waals surface area contributed by atoms with Crippen LogP contribution in [0.25, 0.3) is 0 Å². The van der Waals surface area contributed by atoms with Gasteiger partial charge < -0.3 is 29.5 Å². The molecule has 1 rings (SSSR count). The number of guanidine groups is 1. The Labute approximate surface area is 213 Å². The van der Waals surface area contributed by atoms with Gasteiger partial charge in [-0.05, 0) is 73.9 Å². The molecule has 0 spiro atoms. The van der Waals surface area contributed by atoms with Crippen LogP contribution in [-0.2, 0) is 9.47 Å². The maximum Gasteiger partial charge on any atom is 0.410 e. The Kier molecular flexibility index (Phi) is 15.5. The second-order valence-electron chi connectivity index (χ2n) is 9.55. The molecule has 1 amide bonds. The number of halogens is 1. The van der Waals surface area contributed by atoms with Gasteiger partial charge in [0.05, 0.1) is 6.10 Å². The summed E-state index contributed by atoms with van der Waals surface area (Å²) in [5, 5.41) is 3.51. The highest BCUT2D eigenvalue weighted by molar-refractivity contribution is 14.0. The van der Waals surface area contributed by atoms with Crippen molar-refractivity contribution in [1.82, 2.24) is 20.0 Å². The molecule has 1 heterocycles. The van der Waals surface area contributed by atoms with E-state index in [0.29, 0.717) is 12.5 Å². The lowest BCUT2D eigenvalue weighted by atomic mass is 9.96. The number of nitrogens with one attached hydrogen (secondary N) is 1. The van der Waals surface area contributed by atoms with Crippen LogP contribution in [0, 0.1) is 5.92 Å². The Bertz CT molecular complexity index is 546. The summed E-state index contributed by atoms with van der Waals surface area (Å²) in [7, 11) is 6.01. The standard InChI is InChI=1S/C23H47N5O3.HI/c1-9-27(22(29)31-23(3,4)5)18-19-11-15-28(16-12-19)21(24-6)25-17-20(30-10-2)13-14-26(7)8;/h19-20H,9-18H2,1-8H3,(H,24,25);1H. The monoisotopic (exact) mass is 569 g/mol. The van der Waals surface area contributed by atoms with E-state index in [9.17, 15) is 4.79 Å². The summed E-state index contributed by atoms with van der Waals surface area (Å²) in [5.74, 6) is 1.42. The average molecular weight is 570 g/mol. The molecule has 0 aliphatic carbocycles. The maximum atomic E-state index is 12.4. The average Bonchev–Trinajstić information content (AvgIpc) is 2.70. The van der Waals surface area contributed by atoms with Crippen LogP contribution in [0.3, 0.4) is 0 Å². The highest BCUT2D eigenvalue weighted by Crippen LogP contribution is 2.20. The van der Waals surface area contributed by atoms with Crippen LogP contribution in [-0.4, -0.2) is 105 Å². The van der Waals surface area contributed by atoms with Crippen LogP contribution >= 0.6 is 24.0 Å². The van der Waals surface area contributed by atoms with Gasteiger partial charge in [-0.25, -0.2) is 4.79 Å². The van der Waals surface area contributed by atoms with Gasteiger partial charge in [0, 0.05) is 52.9 Å². The third-order valence-corrected chi connectivity index (χ3v) is 5.43. The maximum absolute atomic E-state index is 12.4. The van der Waals surface area contributed by atoms with E-state index in [4.69, 9.17) is 9.47 Å². The van der Waals surface area contributed by atoms with Gasteiger partial charge in [0.2, 0.25) is 0 Å². The molecule has 1 aliphatic heterocycles. The van der Waals surface area contributed by atoms with Crippen molar-refractivity contribution in [1.29, 1.82) is 0 Å². The largest absolute Gasteiger partial charge is 0.444 e. The summed E-state index contributed by atoms with van der Waals surface area (Å²) >= 11 is 0. The van der Waals surface area contributed by atoms with E-state index in [-0.39, 0.29) is 36.2 Å². The molecule has 0 saturated carbocycles. The summed E-state index contributed by atoms with van der Waals surface area (Å²) in [6, 6.07) is 0. The molecule has 8 nitrogen and oxygen atoms in total. The van der Waals surface area contributed by atoms with Crippen LogP contribution in [0.4, 0.5) is 4.79 Å². The molecular formula is C23H48IN5O3. The fourth-order valence-corrected chi connectivity index (χ4v) is 3.72. The number of amides is 1. The van der Waals surface area contributed by atoms with Crippen molar-refractivity contribution in [3.8, 4) is 0 Å². The fraction of sp³-hybridized carbons (Fsp3) is 0.913. The van der Waals surface area contributed by atoms with Gasteiger partial charge in [-0.3, -0.25) is 4.99 Å². The predicted octanol–water partition coefficient (Wildman–Crippen LogP) is 3.51. The highest BCUT2D eigenvalue weighted by atomic mass is 127. The number of rotatable bonds is 10. The second kappa shape index (κ2) is 15.9. The SMILES string of the molecule is CCOC(CCN(C)C)CNC(=NC)N1CCC(CN(CC)C(=O)OC(C)(C)C)CC1.I. The van der Waals surface area contributed by atoms with Crippen molar-refractivity contribution in [2.75, 3.05) is 67.0 Å². The van der Waals surface area contributed by atoms with Crippen molar-refractivity contribution in [3.63, 3.8) is 0 Å². The smallest absolute Gasteiger partial charge is 0.410 e. The topological polar surface area (TPSA) is 69.6 Å². The number of nitrogens with zero attached hydrogens (tertiary/aromatic N) is 4. The van der Waals surface area contributed by atoms with E-state index >= 15 is 0 Å². The molecule has 0 aromatic rings. The van der Waals surface area contributed by atoms with E-state index < -0.39 is 5.60 Å². The minimum Gasteiger partial charge on any atom is -0.444 e. The molecule has 0 bridgehead atoms. The Morgan fingerprint density at radius 1 is 1.22 bits per heavy atom. The van der Waals surface area contributed by atoms with Gasteiger partial charge in [0.1, 0.15) is 5.60 Å². The molecule has 32 heavy (non-hydrogen) atoms. The van der Waals surface area contributed by atoms with Crippen LogP contribution in [0.15, 0.2) is 4.99 Å². The van der Waals surface area contributed by atoms with Gasteiger partial charge in [-0.15, -0.1) is 24.0 Å². The molecule has 1 atom stereocenters. The highest BCUT2D eigenvalue weighted by Gasteiger charge is 2.27. The molecule has 1 unspecified atom stereocenters. The Balaban J connectivity index is 0.00000961. The lowest BCUT2D eigenvalue weighted by Gasteiger charge is -2.37. The third-order valence-electron chi connectivity index (χ3n) is 5.43. The zero-order valence-electron chi connectivity index (χ0n) is 21.6. The summed E-state index contributed by atoms with van der Waals surface area (Å²) < 4.78 is 11.4. The van der Waals surface area contributed by atoms with Crippen molar-refractivity contribution >= 4 is 36.0 Å². The number of ether oxygens (including phenoxy) is 2. The zero-order valence-corrected chi connectivity index (χ0v) is 24.0. The number of piperidine rings is 1. The van der Waals surface area contributed by atoms with Crippen molar-refractivity contribution in [2.45, 2.75) is 65.6 Å². The van der Waals surface area contributed by atoms with E-state index in [0.717, 1.165) is 64.6 Å². The number of hydrogen-bond acceptors (Lipinski definition) is 5. The number of carbonyl (C=O) groups excluding carboxylic acids is 1. The summed E-state index contributed by atoms with van der Waals surface area (Å²) in [5.41, 5.74) is -0.460. The quantitative estimate of drug-likeness (QED) is 0.247. The van der Waals surface area contributed by atoms with Crippen molar-refractivity contribution < 1.29 is 14.3 Å². The van der Waals surface area contributed by atoms with E-state index in [1.807, 2.05) is 46.6 Å². The summed E-state index contributed by atoms with van der Waals surface area (Å²) in [6.45, 7) is 15.6. The molecule has 1 aliphatic rings. The molecular weight excluding hydrogens is 521 g/mol. The zero-order chi connectivity index (χ0) is 23.4. The van der Waals surface area contributed by atoms with Crippen molar-refractivity contribution in [3.05, 3.63) is 0 Å². The van der Waals surface area contributed by atoms with E-state index in [1.165, 1.54) is 0 Å². The van der Waals surface area contributed by atoms with Crippen molar-refractivity contribution in [2.24, 2.45) is 10.9 Å². The minimum absolute atomic E-state index is 0. The molecule has 0 radical (unpaired) electrons. The number of likely N-dealkylation sites (tertiary alicyclic amines) is 1. The minimum atomic E-state index is -0.460. The summed E-state index contributed by atoms with van der Waals surface area (Å²) in [4.78, 5) is 23.2. The van der Waals surface area contributed by atoms with E-state index in [2.05, 4.69) is 34.2 Å². The normalized spacial score (nSPS) is 16.5. The molecule has 190 valence electrons. The van der Waals surface area contributed by atoms with Gasteiger partial charge in [0.25, 0.3) is 0 Å². The first kappa shape index (κ1) is 31.2. The molecule has 0 aromatic carbocycles. The Morgan fingerprint density at radius 2 is 1.84 bits per heavy atom. The number of carbonyl (C=O) groups is 1. The fourth-order valence-electron chi connectivity index (χ4n) is 3.72. The van der Waals surface area contributed by atoms with Crippen LogP contribution in [0.5, 0.6) is 0 Å². The molecule has 1 saturated heterocycles. The Morgan fingerprint density at radius 3 is 2.31 bits per heavy atom. The van der Waals surface area contributed by atoms with Gasteiger partial charge in [-0.1, -0.05) is 0 Å². The molecule has 1 N–H and O–H groups in total. The number of aliphatic imine (C=N–C) groups is 1. The first-order valence-electron chi connectivity index (χ1n) is 11.8. The van der Waals surface area contributed by atoms with E-state index in [1.54, 1.807) is 0 Å². The lowest BCUT2D eigenvalue weighted by Crippen LogP contribution is -2.49. The first-order valence-corrected chi connectivity index (χ1v) is 11.8. The van der Waals surface area contributed by atoms with Gasteiger partial charge in [0.15, 0.2) is 5.96 Å². The van der Waals surface area contributed by atoms with Crippen LogP contribution < -0.4 is 5.32 Å². The first-order chi connectivity index (χ1) is 14.6. The second-order valence-corrected chi connectivity index (χ2v) is 9.55. The third kappa shape index (κ3) is 12.4. The molecule has 0 aromatic heterocycles. The molecule has 1 fully saturated rings. The Hall–Kier alpha value is -0.810. The lowest BCUT2D eigenvalue weighted by molar-refractivity contribution is 0.0214. The number of hydrogen-bond donors (Lipinski definition) is 1.